The Hall–Kier alpha value is -1.77. The molecule has 5 aliphatic rings. The fraction of sp³-hybridized carbons (Fsp3) is 0.775. The highest BCUT2D eigenvalue weighted by molar-refractivity contribution is 5.94. The molecule has 47 heavy (non-hydrogen) atoms. The van der Waals surface area contributed by atoms with Crippen LogP contribution in [-0.2, 0) is 9.47 Å². The van der Waals surface area contributed by atoms with Crippen molar-refractivity contribution in [2.45, 2.75) is 142 Å². The van der Waals surface area contributed by atoms with Crippen LogP contribution in [-0.4, -0.2) is 64.6 Å². The molecule has 4 N–H and O–H groups in total. The first-order valence-electron chi connectivity index (χ1n) is 18.8. The molecular weight excluding hydrogens is 590 g/mol. The van der Waals surface area contributed by atoms with E-state index in [9.17, 15) is 20.1 Å². The van der Waals surface area contributed by atoms with Gasteiger partial charge < -0.3 is 30.1 Å². The van der Waals surface area contributed by atoms with Gasteiger partial charge in [-0.1, -0.05) is 83.7 Å². The van der Waals surface area contributed by atoms with Gasteiger partial charge in [-0.15, -0.1) is 0 Å². The number of ether oxygens (including phenoxy) is 2. The van der Waals surface area contributed by atoms with Crippen LogP contribution in [0.15, 0.2) is 42.0 Å². The summed E-state index contributed by atoms with van der Waals surface area (Å²) in [5.41, 5.74) is 2.58. The molecule has 1 aliphatic heterocycles. The van der Waals surface area contributed by atoms with Gasteiger partial charge in [0.1, 0.15) is 24.4 Å². The number of hydrogen-bond donors (Lipinski definition) is 4. The molecule has 7 heteroatoms. The van der Waals surface area contributed by atoms with Crippen molar-refractivity contribution in [2.24, 2.45) is 46.3 Å². The van der Waals surface area contributed by atoms with Gasteiger partial charge in [0.05, 0.1) is 12.7 Å². The van der Waals surface area contributed by atoms with Crippen LogP contribution in [0.2, 0.25) is 0 Å². The quantitative estimate of drug-likeness (QED) is 0.211. The Morgan fingerprint density at radius 2 is 1.77 bits per heavy atom. The average molecular weight is 652 g/mol. The van der Waals surface area contributed by atoms with Crippen molar-refractivity contribution in [3.63, 3.8) is 0 Å². The van der Waals surface area contributed by atoms with Crippen LogP contribution in [0.4, 0.5) is 0 Å². The van der Waals surface area contributed by atoms with Gasteiger partial charge in [0, 0.05) is 5.56 Å². The van der Waals surface area contributed by atoms with E-state index in [0.717, 1.165) is 55.3 Å². The topological polar surface area (TPSA) is 108 Å². The Morgan fingerprint density at radius 1 is 1.00 bits per heavy atom. The normalized spacial score (nSPS) is 42.2. The molecule has 1 saturated heterocycles. The molecule has 13 atom stereocenters. The van der Waals surface area contributed by atoms with E-state index in [1.165, 1.54) is 50.5 Å². The van der Waals surface area contributed by atoms with E-state index < -0.39 is 37.3 Å². The third-order valence-electron chi connectivity index (χ3n) is 13.8. The molecule has 262 valence electrons. The van der Waals surface area contributed by atoms with Crippen LogP contribution >= 0.6 is 0 Å². The summed E-state index contributed by atoms with van der Waals surface area (Å²) in [5, 5.41) is 34.5. The number of fused-ring (bicyclic) bond motifs is 5. The molecule has 1 aromatic rings. The average Bonchev–Trinajstić information content (AvgIpc) is 3.42. The molecule has 1 amide bonds. The summed E-state index contributed by atoms with van der Waals surface area (Å²) in [6.45, 7) is 11.9. The van der Waals surface area contributed by atoms with Gasteiger partial charge in [-0.05, 0) is 110 Å². The number of allylic oxidation sites excluding steroid dienone is 1. The second kappa shape index (κ2) is 14.2. The Kier molecular flexibility index (Phi) is 10.6. The van der Waals surface area contributed by atoms with E-state index in [1.54, 1.807) is 24.3 Å². The number of nitrogens with one attached hydrogen (secondary N) is 1. The summed E-state index contributed by atoms with van der Waals surface area (Å²) in [6.07, 6.45) is 11.2. The highest BCUT2D eigenvalue weighted by Gasteiger charge is 2.59. The zero-order valence-corrected chi connectivity index (χ0v) is 29.4. The van der Waals surface area contributed by atoms with E-state index in [4.69, 9.17) is 9.47 Å². The van der Waals surface area contributed by atoms with Crippen molar-refractivity contribution in [3.8, 4) is 0 Å². The Morgan fingerprint density at radius 3 is 2.49 bits per heavy atom. The summed E-state index contributed by atoms with van der Waals surface area (Å²) in [5.74, 6) is 4.36. The van der Waals surface area contributed by atoms with Gasteiger partial charge in [0.25, 0.3) is 5.91 Å². The van der Waals surface area contributed by atoms with Gasteiger partial charge in [0.15, 0.2) is 6.29 Å². The summed E-state index contributed by atoms with van der Waals surface area (Å²) in [6, 6.07) is 7.82. The molecule has 0 spiro atoms. The molecule has 7 nitrogen and oxygen atoms in total. The number of aliphatic hydroxyl groups is 3. The van der Waals surface area contributed by atoms with Gasteiger partial charge in [-0.25, -0.2) is 0 Å². The Bertz CT molecular complexity index is 1250. The van der Waals surface area contributed by atoms with Crippen LogP contribution in [0.3, 0.4) is 0 Å². The number of rotatable bonds is 10. The molecule has 4 fully saturated rings. The summed E-state index contributed by atoms with van der Waals surface area (Å²) in [7, 11) is 0. The predicted octanol–water partition coefficient (Wildman–Crippen LogP) is 6.65. The first-order chi connectivity index (χ1) is 22.5. The first-order valence-corrected chi connectivity index (χ1v) is 18.8. The predicted molar refractivity (Wildman–Crippen MR) is 183 cm³/mol. The maximum atomic E-state index is 13.1. The lowest BCUT2D eigenvalue weighted by Gasteiger charge is -2.58. The van der Waals surface area contributed by atoms with E-state index >= 15 is 0 Å². The second-order valence-corrected chi connectivity index (χ2v) is 16.9. The third-order valence-corrected chi connectivity index (χ3v) is 13.8. The van der Waals surface area contributed by atoms with Crippen molar-refractivity contribution in [1.29, 1.82) is 0 Å². The number of amides is 1. The maximum absolute atomic E-state index is 13.1. The molecule has 1 heterocycles. The molecule has 3 saturated carbocycles. The number of aliphatic hydroxyl groups excluding tert-OH is 3. The lowest BCUT2D eigenvalue weighted by Crippen LogP contribution is -2.65. The van der Waals surface area contributed by atoms with Crippen molar-refractivity contribution in [2.75, 3.05) is 6.61 Å². The fourth-order valence-corrected chi connectivity index (χ4v) is 11.1. The number of hydrogen-bond acceptors (Lipinski definition) is 6. The van der Waals surface area contributed by atoms with Gasteiger partial charge in [-0.3, -0.25) is 4.79 Å². The number of carbonyl (C=O) groups is 1. The van der Waals surface area contributed by atoms with Crippen LogP contribution in [0.25, 0.3) is 0 Å². The first kappa shape index (κ1) is 35.1. The van der Waals surface area contributed by atoms with E-state index in [0.29, 0.717) is 16.9 Å². The smallest absolute Gasteiger partial charge is 0.251 e. The Labute approximate surface area is 282 Å². The third kappa shape index (κ3) is 6.73. The van der Waals surface area contributed by atoms with Gasteiger partial charge in [0.2, 0.25) is 0 Å². The standard InChI is InChI=1S/C40H61NO6/c1-24(2)10-9-11-25(3)30-16-17-31-29-15-14-27-22-28(18-20-39(27,4)32(29)19-21-40(30,31)5)46-38-34(36(44)35(43)33(23-42)47-38)41-37(45)26-12-7-6-8-13-26/h6-8,12-14,24-25,28-36,38,42-44H,9-11,15-23H2,1-5H3,(H,41,45). The van der Waals surface area contributed by atoms with Crippen molar-refractivity contribution < 1.29 is 29.6 Å². The summed E-state index contributed by atoms with van der Waals surface area (Å²) < 4.78 is 12.6. The highest BCUT2D eigenvalue weighted by Crippen LogP contribution is 2.67. The lowest BCUT2D eigenvalue weighted by molar-refractivity contribution is -0.283. The van der Waals surface area contributed by atoms with Crippen LogP contribution in [0.5, 0.6) is 0 Å². The minimum atomic E-state index is -1.34. The zero-order chi connectivity index (χ0) is 33.5. The van der Waals surface area contributed by atoms with Crippen LogP contribution in [0.1, 0.15) is 116 Å². The van der Waals surface area contributed by atoms with Gasteiger partial charge >= 0.3 is 0 Å². The molecule has 6 rings (SSSR count). The second-order valence-electron chi connectivity index (χ2n) is 16.9. The molecule has 13 unspecified atom stereocenters. The number of benzene rings is 1. The number of carbonyl (C=O) groups excluding carboxylic acids is 1. The SMILES string of the molecule is CC(C)CCCC(C)C1CCC2C3CC=C4CC(OC5OC(CO)C(O)C(O)C5NC(=O)c5ccccc5)CCC4(C)C3CCC12C. The van der Waals surface area contributed by atoms with Gasteiger partial charge in [-0.2, -0.15) is 0 Å². The lowest BCUT2D eigenvalue weighted by atomic mass is 9.47. The molecule has 0 bridgehead atoms. The molecule has 1 aromatic carbocycles. The molecule has 0 aromatic heterocycles. The van der Waals surface area contributed by atoms with E-state index in [1.807, 2.05) is 6.07 Å². The van der Waals surface area contributed by atoms with Crippen molar-refractivity contribution >= 4 is 5.91 Å². The van der Waals surface area contributed by atoms with Crippen molar-refractivity contribution in [1.82, 2.24) is 5.32 Å². The van der Waals surface area contributed by atoms with Crippen LogP contribution < -0.4 is 5.32 Å². The summed E-state index contributed by atoms with van der Waals surface area (Å²) in [4.78, 5) is 13.1. The fourth-order valence-electron chi connectivity index (χ4n) is 11.1. The van der Waals surface area contributed by atoms with E-state index in [2.05, 4.69) is 46.0 Å². The van der Waals surface area contributed by atoms with Crippen molar-refractivity contribution in [3.05, 3.63) is 47.5 Å². The van der Waals surface area contributed by atoms with E-state index in [-0.39, 0.29) is 17.4 Å². The maximum Gasteiger partial charge on any atom is 0.251 e. The minimum Gasteiger partial charge on any atom is -0.394 e. The Balaban J connectivity index is 1.13. The minimum absolute atomic E-state index is 0.134. The zero-order valence-electron chi connectivity index (χ0n) is 29.4. The molecule has 0 radical (unpaired) electrons. The largest absolute Gasteiger partial charge is 0.394 e. The molecule has 4 aliphatic carbocycles. The monoisotopic (exact) mass is 651 g/mol. The summed E-state index contributed by atoms with van der Waals surface area (Å²) >= 11 is 0. The highest BCUT2D eigenvalue weighted by atomic mass is 16.7. The van der Waals surface area contributed by atoms with Crippen LogP contribution in [0, 0.1) is 46.3 Å². The molecular formula is C40H61NO6.